The van der Waals surface area contributed by atoms with Crippen molar-refractivity contribution in [2.24, 2.45) is 4.99 Å². The van der Waals surface area contributed by atoms with Crippen LogP contribution in [0.2, 0.25) is 0 Å². The van der Waals surface area contributed by atoms with Crippen molar-refractivity contribution in [3.8, 4) is 11.5 Å². The van der Waals surface area contributed by atoms with E-state index in [9.17, 15) is 9.90 Å². The number of aliphatic imine (C=N–C) groups is 1. The van der Waals surface area contributed by atoms with Crippen molar-refractivity contribution in [2.45, 2.75) is 73.8 Å². The van der Waals surface area contributed by atoms with E-state index in [0.717, 1.165) is 46.1 Å². The van der Waals surface area contributed by atoms with Gasteiger partial charge in [0, 0.05) is 29.4 Å². The molecule has 13 nitrogen and oxygen atoms in total. The minimum atomic E-state index is -2.20. The van der Waals surface area contributed by atoms with Crippen LogP contribution in [0.1, 0.15) is 48.8 Å². The molecule has 0 saturated heterocycles. The largest absolute Gasteiger partial charge is 0.493 e. The summed E-state index contributed by atoms with van der Waals surface area (Å²) >= 11 is 1.52. The molecule has 0 radical (unpaired) electrons. The molecule has 2 heterocycles. The van der Waals surface area contributed by atoms with E-state index in [1.807, 2.05) is 31.6 Å². The molecule has 2 aliphatic rings. The number of aromatic nitrogens is 2. The van der Waals surface area contributed by atoms with Crippen molar-refractivity contribution in [3.63, 3.8) is 0 Å². The van der Waals surface area contributed by atoms with E-state index in [4.69, 9.17) is 45.1 Å². The quantitative estimate of drug-likeness (QED) is 0.142. The van der Waals surface area contributed by atoms with E-state index in [2.05, 4.69) is 16.0 Å². The van der Waals surface area contributed by atoms with Gasteiger partial charge in [-0.3, -0.25) is 4.99 Å². The predicted molar refractivity (Wildman–Crippen MR) is 149 cm³/mol. The van der Waals surface area contributed by atoms with Gasteiger partial charge in [0.15, 0.2) is 22.8 Å². The Kier molecular flexibility index (Phi) is 11.8. The number of carboxylic acid groups (broad SMARTS) is 1. The fourth-order valence-electron chi connectivity index (χ4n) is 4.81. The molecule has 7 atom stereocenters. The molecule has 1 saturated carbocycles. The number of carbonyl (C=O) groups is 1. The van der Waals surface area contributed by atoms with Crippen LogP contribution in [0, 0.1) is 0 Å². The number of methoxy groups -OCH3 is 1. The third-order valence-corrected chi connectivity index (χ3v) is 7.54. The van der Waals surface area contributed by atoms with Gasteiger partial charge in [0.2, 0.25) is 0 Å². The Bertz CT molecular complexity index is 1200. The first-order valence-electron chi connectivity index (χ1n) is 13.1. The van der Waals surface area contributed by atoms with E-state index in [1.54, 1.807) is 7.11 Å². The second kappa shape index (κ2) is 14.9. The number of nitrogens with zero attached hydrogens (tertiary/aromatic N) is 3. The molecule has 2 aromatic rings. The van der Waals surface area contributed by atoms with Crippen LogP contribution in [-0.4, -0.2) is 121 Å². The number of ether oxygens (including phenoxy) is 2. The molecule has 1 aliphatic heterocycles. The maximum absolute atomic E-state index is 10.3. The first kappa shape index (κ1) is 32.7. The number of rotatable bonds is 10. The molecule has 14 heteroatoms. The SMILES string of the molecule is CCOc1cc2c(cc1OC)C(c1cnc(SC)nc1)=N[C@@H]1CC[C@@H](O)C[C@H]21.O=C(O)[C@H](O)[C@@H](O)[C@H](O)[C@H](O)CO. The van der Waals surface area contributed by atoms with Crippen molar-refractivity contribution < 1.29 is 50.0 Å². The van der Waals surface area contributed by atoms with Crippen LogP contribution in [0.5, 0.6) is 11.5 Å². The summed E-state index contributed by atoms with van der Waals surface area (Å²) in [5, 5.41) is 62.8. The van der Waals surface area contributed by atoms with Gasteiger partial charge in [-0.25, -0.2) is 14.8 Å². The van der Waals surface area contributed by atoms with Crippen LogP contribution in [-0.2, 0) is 4.79 Å². The van der Waals surface area contributed by atoms with E-state index >= 15 is 0 Å². The average Bonchev–Trinajstić information content (AvgIpc) is 2.99. The number of hydrogen-bond acceptors (Lipinski definition) is 13. The fourth-order valence-corrected chi connectivity index (χ4v) is 5.13. The third-order valence-electron chi connectivity index (χ3n) is 6.96. The van der Waals surface area contributed by atoms with E-state index in [0.29, 0.717) is 18.8 Å². The summed E-state index contributed by atoms with van der Waals surface area (Å²) in [6.45, 7) is 1.69. The maximum atomic E-state index is 10.3. The fraction of sp³-hybridized carbons (Fsp3) is 0.556. The standard InChI is InChI=1S/C21H25N3O3S.C6H12O7/c1-4-27-19-8-14-15-7-13(25)5-6-17(15)24-20(16(14)9-18(19)26-2)12-10-22-21(28-3)23-11-12;7-1-2(8)3(9)4(10)5(11)6(12)13/h8-11,13,15,17,25H,4-7H2,1-3H3;2-5,7-11H,1H2,(H,12,13)/t13-,15-,17-;2-,3-,4+,5-/m11/s1. The number of thioether (sulfide) groups is 1. The Morgan fingerprint density at radius 2 is 1.78 bits per heavy atom. The third kappa shape index (κ3) is 7.71. The molecular formula is C27H37N3O10S. The minimum Gasteiger partial charge on any atom is -0.493 e. The van der Waals surface area contributed by atoms with Crippen LogP contribution in [0.15, 0.2) is 34.7 Å². The summed E-state index contributed by atoms with van der Waals surface area (Å²) in [7, 11) is 1.65. The number of hydrogen-bond donors (Lipinski definition) is 7. The summed E-state index contributed by atoms with van der Waals surface area (Å²) < 4.78 is 11.4. The summed E-state index contributed by atoms with van der Waals surface area (Å²) in [6, 6.07) is 4.21. The van der Waals surface area contributed by atoms with E-state index < -0.39 is 37.0 Å². The van der Waals surface area contributed by atoms with Gasteiger partial charge < -0.3 is 45.2 Å². The molecule has 0 unspecified atom stereocenters. The lowest BCUT2D eigenvalue weighted by Gasteiger charge is -2.37. The van der Waals surface area contributed by atoms with Gasteiger partial charge in [-0.2, -0.15) is 0 Å². The lowest BCUT2D eigenvalue weighted by molar-refractivity contribution is -0.164. The highest BCUT2D eigenvalue weighted by molar-refractivity contribution is 7.98. The summed E-state index contributed by atoms with van der Waals surface area (Å²) in [4.78, 5) is 24.0. The number of carboxylic acids is 1. The minimum absolute atomic E-state index is 0.147. The van der Waals surface area contributed by atoms with Crippen LogP contribution in [0.3, 0.4) is 0 Å². The van der Waals surface area contributed by atoms with Gasteiger partial charge in [0.25, 0.3) is 0 Å². The molecule has 4 rings (SSSR count). The number of aliphatic hydroxyl groups is 6. The van der Waals surface area contributed by atoms with Crippen LogP contribution < -0.4 is 9.47 Å². The zero-order valence-electron chi connectivity index (χ0n) is 23.0. The first-order valence-corrected chi connectivity index (χ1v) is 14.3. The molecule has 0 amide bonds. The second-order valence-electron chi connectivity index (χ2n) is 9.61. The molecule has 1 aliphatic carbocycles. The van der Waals surface area contributed by atoms with Crippen molar-refractivity contribution >= 4 is 23.4 Å². The lowest BCUT2D eigenvalue weighted by atomic mass is 9.74. The Morgan fingerprint density at radius 1 is 1.10 bits per heavy atom. The Labute approximate surface area is 241 Å². The highest BCUT2D eigenvalue weighted by atomic mass is 32.2. The normalized spacial score (nSPS) is 22.5. The van der Waals surface area contributed by atoms with Crippen molar-refractivity contribution in [1.29, 1.82) is 0 Å². The highest BCUT2D eigenvalue weighted by Crippen LogP contribution is 2.44. The van der Waals surface area contributed by atoms with Crippen LogP contribution in [0.4, 0.5) is 0 Å². The summed E-state index contributed by atoms with van der Waals surface area (Å²) in [5.41, 5.74) is 3.96. The topological polar surface area (TPSA) is 215 Å². The smallest absolute Gasteiger partial charge is 0.335 e. The molecule has 226 valence electrons. The molecule has 41 heavy (non-hydrogen) atoms. The Hall–Kier alpha value is -2.85. The van der Waals surface area contributed by atoms with Crippen molar-refractivity contribution in [2.75, 3.05) is 26.6 Å². The van der Waals surface area contributed by atoms with Crippen LogP contribution >= 0.6 is 11.8 Å². The predicted octanol–water partition coefficient (Wildman–Crippen LogP) is -0.0393. The molecule has 1 aromatic heterocycles. The van der Waals surface area contributed by atoms with E-state index in [-0.39, 0.29) is 18.1 Å². The lowest BCUT2D eigenvalue weighted by Crippen LogP contribution is -2.48. The Balaban J connectivity index is 0.000000302. The zero-order valence-corrected chi connectivity index (χ0v) is 23.8. The molecular weight excluding hydrogens is 558 g/mol. The first-order chi connectivity index (χ1) is 19.6. The monoisotopic (exact) mass is 595 g/mol. The van der Waals surface area contributed by atoms with Gasteiger partial charge >= 0.3 is 5.97 Å². The number of aliphatic carboxylic acids is 1. The van der Waals surface area contributed by atoms with Gasteiger partial charge in [-0.15, -0.1) is 0 Å². The molecule has 1 fully saturated rings. The zero-order chi connectivity index (χ0) is 30.3. The average molecular weight is 596 g/mol. The highest BCUT2D eigenvalue weighted by Gasteiger charge is 2.37. The van der Waals surface area contributed by atoms with E-state index in [1.165, 1.54) is 11.8 Å². The summed E-state index contributed by atoms with van der Waals surface area (Å²) in [5.74, 6) is -0.127. The van der Waals surface area contributed by atoms with Crippen molar-refractivity contribution in [1.82, 2.24) is 9.97 Å². The van der Waals surface area contributed by atoms with Gasteiger partial charge in [-0.1, -0.05) is 11.8 Å². The summed E-state index contributed by atoms with van der Waals surface area (Å²) in [6.07, 6.45) is -0.124. The number of benzene rings is 1. The number of aliphatic hydroxyl groups excluding tert-OH is 6. The number of fused-ring (bicyclic) bond motifs is 3. The van der Waals surface area contributed by atoms with Gasteiger partial charge in [-0.05, 0) is 50.1 Å². The Morgan fingerprint density at radius 3 is 2.34 bits per heavy atom. The molecule has 0 bridgehead atoms. The molecule has 1 aromatic carbocycles. The molecule has 0 spiro atoms. The second-order valence-corrected chi connectivity index (χ2v) is 10.4. The maximum Gasteiger partial charge on any atom is 0.335 e. The van der Waals surface area contributed by atoms with Crippen LogP contribution in [0.25, 0.3) is 0 Å². The molecule has 7 N–H and O–H groups in total. The van der Waals surface area contributed by atoms with Gasteiger partial charge in [0.1, 0.15) is 18.3 Å². The van der Waals surface area contributed by atoms with Gasteiger partial charge in [0.05, 0.1) is 38.2 Å². The van der Waals surface area contributed by atoms with Crippen molar-refractivity contribution in [3.05, 3.63) is 41.2 Å².